The van der Waals surface area contributed by atoms with Crippen molar-refractivity contribution in [3.8, 4) is 0 Å². The fraction of sp³-hybridized carbons (Fsp3) is 1.00. The first kappa shape index (κ1) is 14.3. The molecule has 1 heterocycles. The standard InChI is InChI=1S/C15H29NO2/c1-13(2)9-15(6-3-4-7-15)11-16-10-14-5-8-17-12-18-14/h13-14,16H,3-12H2,1-2H3. The van der Waals surface area contributed by atoms with Crippen molar-refractivity contribution < 1.29 is 9.47 Å². The summed E-state index contributed by atoms with van der Waals surface area (Å²) < 4.78 is 10.8. The molecule has 0 amide bonds. The predicted octanol–water partition coefficient (Wildman–Crippen LogP) is 2.95. The summed E-state index contributed by atoms with van der Waals surface area (Å²) in [6.07, 6.45) is 8.42. The summed E-state index contributed by atoms with van der Waals surface area (Å²) in [5.41, 5.74) is 0.569. The fourth-order valence-electron chi connectivity index (χ4n) is 3.60. The zero-order chi connectivity index (χ0) is 12.8. The third kappa shape index (κ3) is 4.22. The van der Waals surface area contributed by atoms with E-state index in [0.29, 0.717) is 18.3 Å². The van der Waals surface area contributed by atoms with Gasteiger partial charge in [0.1, 0.15) is 6.79 Å². The predicted molar refractivity (Wildman–Crippen MR) is 73.5 cm³/mol. The minimum atomic E-state index is 0.358. The highest BCUT2D eigenvalue weighted by molar-refractivity contribution is 4.87. The van der Waals surface area contributed by atoms with Gasteiger partial charge < -0.3 is 14.8 Å². The zero-order valence-electron chi connectivity index (χ0n) is 12.0. The van der Waals surface area contributed by atoms with Crippen LogP contribution in [0.2, 0.25) is 0 Å². The van der Waals surface area contributed by atoms with Gasteiger partial charge in [0.25, 0.3) is 0 Å². The van der Waals surface area contributed by atoms with Crippen LogP contribution in [0.5, 0.6) is 0 Å². The van der Waals surface area contributed by atoms with E-state index in [1.165, 1.54) is 38.6 Å². The number of hydrogen-bond acceptors (Lipinski definition) is 3. The third-order valence-corrected chi connectivity index (χ3v) is 4.35. The molecule has 1 aliphatic heterocycles. The summed E-state index contributed by atoms with van der Waals surface area (Å²) in [5, 5.41) is 3.66. The molecule has 1 saturated heterocycles. The van der Waals surface area contributed by atoms with Gasteiger partial charge in [0, 0.05) is 13.1 Å². The van der Waals surface area contributed by atoms with Crippen LogP contribution in [-0.4, -0.2) is 32.6 Å². The summed E-state index contributed by atoms with van der Waals surface area (Å²) in [6.45, 7) is 8.19. The van der Waals surface area contributed by atoms with Crippen LogP contribution in [-0.2, 0) is 9.47 Å². The SMILES string of the molecule is CC(C)CC1(CNCC2CCOCO2)CCCC1. The molecular weight excluding hydrogens is 226 g/mol. The fourth-order valence-corrected chi connectivity index (χ4v) is 3.60. The van der Waals surface area contributed by atoms with Crippen LogP contribution in [0, 0.1) is 11.3 Å². The molecule has 2 aliphatic rings. The normalized spacial score (nSPS) is 27.8. The average molecular weight is 255 g/mol. The number of ether oxygens (including phenoxy) is 2. The van der Waals surface area contributed by atoms with Crippen LogP contribution in [0.3, 0.4) is 0 Å². The summed E-state index contributed by atoms with van der Waals surface area (Å²) in [7, 11) is 0. The van der Waals surface area contributed by atoms with Crippen molar-refractivity contribution in [3.05, 3.63) is 0 Å². The van der Waals surface area contributed by atoms with Crippen molar-refractivity contribution in [2.45, 2.75) is 58.5 Å². The lowest BCUT2D eigenvalue weighted by Gasteiger charge is -2.32. The van der Waals surface area contributed by atoms with E-state index in [1.54, 1.807) is 0 Å². The van der Waals surface area contributed by atoms with Crippen LogP contribution in [0.15, 0.2) is 0 Å². The third-order valence-electron chi connectivity index (χ3n) is 4.35. The van der Waals surface area contributed by atoms with Crippen molar-refractivity contribution in [2.75, 3.05) is 26.5 Å². The maximum absolute atomic E-state index is 5.57. The van der Waals surface area contributed by atoms with Gasteiger partial charge in [-0.2, -0.15) is 0 Å². The van der Waals surface area contributed by atoms with Crippen LogP contribution in [0.1, 0.15) is 52.4 Å². The summed E-state index contributed by atoms with van der Waals surface area (Å²) in [5.74, 6) is 0.809. The monoisotopic (exact) mass is 255 g/mol. The Morgan fingerprint density at radius 2 is 2.06 bits per heavy atom. The lowest BCUT2D eigenvalue weighted by Crippen LogP contribution is -2.39. The Labute approximate surface area is 112 Å². The number of hydrogen-bond donors (Lipinski definition) is 1. The van der Waals surface area contributed by atoms with Crippen molar-refractivity contribution in [1.82, 2.24) is 5.32 Å². The van der Waals surface area contributed by atoms with E-state index in [0.717, 1.165) is 25.5 Å². The van der Waals surface area contributed by atoms with Crippen molar-refractivity contribution in [1.29, 1.82) is 0 Å². The molecular formula is C15H29NO2. The van der Waals surface area contributed by atoms with Gasteiger partial charge in [0.15, 0.2) is 0 Å². The maximum atomic E-state index is 5.57. The number of nitrogens with one attached hydrogen (secondary N) is 1. The first-order valence-corrected chi connectivity index (χ1v) is 7.60. The lowest BCUT2D eigenvalue weighted by atomic mass is 9.78. The molecule has 2 fully saturated rings. The molecule has 0 spiro atoms. The average Bonchev–Trinajstić information content (AvgIpc) is 2.78. The molecule has 0 bridgehead atoms. The van der Waals surface area contributed by atoms with Crippen LogP contribution in [0.4, 0.5) is 0 Å². The Morgan fingerprint density at radius 1 is 1.28 bits per heavy atom. The number of rotatable bonds is 6. The molecule has 18 heavy (non-hydrogen) atoms. The van der Waals surface area contributed by atoms with Crippen LogP contribution in [0.25, 0.3) is 0 Å². The lowest BCUT2D eigenvalue weighted by molar-refractivity contribution is -0.137. The first-order valence-electron chi connectivity index (χ1n) is 7.60. The van der Waals surface area contributed by atoms with E-state index in [9.17, 15) is 0 Å². The van der Waals surface area contributed by atoms with Gasteiger partial charge >= 0.3 is 0 Å². The van der Waals surface area contributed by atoms with Gasteiger partial charge in [-0.15, -0.1) is 0 Å². The van der Waals surface area contributed by atoms with Crippen molar-refractivity contribution >= 4 is 0 Å². The molecule has 1 unspecified atom stereocenters. The minimum absolute atomic E-state index is 0.358. The van der Waals surface area contributed by atoms with Crippen molar-refractivity contribution in [3.63, 3.8) is 0 Å². The largest absolute Gasteiger partial charge is 0.355 e. The highest BCUT2D eigenvalue weighted by atomic mass is 16.7. The second-order valence-corrected chi connectivity index (χ2v) is 6.54. The molecule has 1 atom stereocenters. The molecule has 0 aromatic rings. The van der Waals surface area contributed by atoms with E-state index in [1.807, 2.05) is 0 Å². The maximum Gasteiger partial charge on any atom is 0.147 e. The minimum Gasteiger partial charge on any atom is -0.355 e. The Morgan fingerprint density at radius 3 is 2.67 bits per heavy atom. The van der Waals surface area contributed by atoms with Gasteiger partial charge in [-0.1, -0.05) is 26.7 Å². The Hall–Kier alpha value is -0.120. The molecule has 0 radical (unpaired) electrons. The molecule has 3 heteroatoms. The summed E-state index contributed by atoms with van der Waals surface area (Å²) in [4.78, 5) is 0. The molecule has 3 nitrogen and oxygen atoms in total. The quantitative estimate of drug-likeness (QED) is 0.791. The summed E-state index contributed by atoms with van der Waals surface area (Å²) >= 11 is 0. The van der Waals surface area contributed by atoms with Crippen LogP contribution < -0.4 is 5.32 Å². The zero-order valence-corrected chi connectivity index (χ0v) is 12.0. The van der Waals surface area contributed by atoms with E-state index in [2.05, 4.69) is 19.2 Å². The van der Waals surface area contributed by atoms with Gasteiger partial charge in [0.2, 0.25) is 0 Å². The Kier molecular flexibility index (Phi) is 5.46. The molecule has 1 aliphatic carbocycles. The molecule has 106 valence electrons. The van der Waals surface area contributed by atoms with E-state index >= 15 is 0 Å². The van der Waals surface area contributed by atoms with E-state index in [4.69, 9.17) is 9.47 Å². The molecule has 0 aromatic carbocycles. The van der Waals surface area contributed by atoms with Crippen molar-refractivity contribution in [2.24, 2.45) is 11.3 Å². The van der Waals surface area contributed by atoms with E-state index in [-0.39, 0.29) is 0 Å². The molecule has 0 aromatic heterocycles. The van der Waals surface area contributed by atoms with Gasteiger partial charge in [0.05, 0.1) is 12.7 Å². The smallest absolute Gasteiger partial charge is 0.147 e. The molecule has 2 rings (SSSR count). The molecule has 1 N–H and O–H groups in total. The van der Waals surface area contributed by atoms with Crippen LogP contribution >= 0.6 is 0 Å². The Balaban J connectivity index is 1.72. The van der Waals surface area contributed by atoms with E-state index < -0.39 is 0 Å². The summed E-state index contributed by atoms with van der Waals surface area (Å²) in [6, 6.07) is 0. The van der Waals surface area contributed by atoms with Gasteiger partial charge in [-0.05, 0) is 37.0 Å². The van der Waals surface area contributed by atoms with Gasteiger partial charge in [-0.3, -0.25) is 0 Å². The first-order chi connectivity index (χ1) is 8.70. The highest BCUT2D eigenvalue weighted by Crippen LogP contribution is 2.42. The topological polar surface area (TPSA) is 30.5 Å². The highest BCUT2D eigenvalue weighted by Gasteiger charge is 2.34. The Bertz CT molecular complexity index is 231. The second kappa shape index (κ2) is 6.88. The second-order valence-electron chi connectivity index (χ2n) is 6.54. The molecule has 1 saturated carbocycles. The van der Waals surface area contributed by atoms with Gasteiger partial charge in [-0.25, -0.2) is 0 Å².